The van der Waals surface area contributed by atoms with Crippen LogP contribution in [-0.2, 0) is 21.4 Å². The average molecular weight is 403 g/mol. The van der Waals surface area contributed by atoms with Crippen LogP contribution in [0.3, 0.4) is 0 Å². The summed E-state index contributed by atoms with van der Waals surface area (Å²) in [5, 5.41) is 0. The number of hydrogen-bond donors (Lipinski definition) is 0. The summed E-state index contributed by atoms with van der Waals surface area (Å²) in [7, 11) is -0.323. The first-order valence-corrected chi connectivity index (χ1v) is 10.8. The SMILES string of the molecule is COc1ccc(S(=O)(=O)N2CCC[C@H](C(=O)N(C)Cc3ccccc3)C2)cc1. The van der Waals surface area contributed by atoms with E-state index < -0.39 is 10.0 Å². The molecule has 0 spiro atoms. The zero-order valence-electron chi connectivity index (χ0n) is 16.2. The maximum atomic E-state index is 13.0. The van der Waals surface area contributed by atoms with Crippen LogP contribution >= 0.6 is 0 Å². The largest absolute Gasteiger partial charge is 0.497 e. The van der Waals surface area contributed by atoms with E-state index in [4.69, 9.17) is 4.74 Å². The van der Waals surface area contributed by atoms with Gasteiger partial charge in [0.15, 0.2) is 0 Å². The van der Waals surface area contributed by atoms with Gasteiger partial charge in [0.2, 0.25) is 15.9 Å². The van der Waals surface area contributed by atoms with Gasteiger partial charge in [0.05, 0.1) is 17.9 Å². The lowest BCUT2D eigenvalue weighted by atomic mass is 9.98. The molecule has 0 saturated carbocycles. The van der Waals surface area contributed by atoms with Gasteiger partial charge in [-0.05, 0) is 42.7 Å². The van der Waals surface area contributed by atoms with Gasteiger partial charge >= 0.3 is 0 Å². The lowest BCUT2D eigenvalue weighted by molar-refractivity contribution is -0.135. The fraction of sp³-hybridized carbons (Fsp3) is 0.381. The maximum absolute atomic E-state index is 13.0. The number of carbonyl (C=O) groups is 1. The van der Waals surface area contributed by atoms with Crippen LogP contribution in [0, 0.1) is 5.92 Å². The molecule has 0 aliphatic carbocycles. The maximum Gasteiger partial charge on any atom is 0.243 e. The number of amides is 1. The summed E-state index contributed by atoms with van der Waals surface area (Å²) < 4.78 is 32.5. The second-order valence-electron chi connectivity index (χ2n) is 7.06. The fourth-order valence-corrected chi connectivity index (χ4v) is 5.03. The van der Waals surface area contributed by atoms with Crippen LogP contribution < -0.4 is 4.74 Å². The molecule has 1 aliphatic rings. The highest BCUT2D eigenvalue weighted by Crippen LogP contribution is 2.26. The topological polar surface area (TPSA) is 66.9 Å². The quantitative estimate of drug-likeness (QED) is 0.745. The molecule has 0 aromatic heterocycles. The van der Waals surface area contributed by atoms with Gasteiger partial charge in [-0.15, -0.1) is 0 Å². The minimum atomic E-state index is -3.63. The molecule has 1 atom stereocenters. The highest BCUT2D eigenvalue weighted by molar-refractivity contribution is 7.89. The van der Waals surface area contributed by atoms with Crippen molar-refractivity contribution < 1.29 is 17.9 Å². The minimum Gasteiger partial charge on any atom is -0.497 e. The molecule has 3 rings (SSSR count). The van der Waals surface area contributed by atoms with Crippen molar-refractivity contribution in [2.45, 2.75) is 24.3 Å². The molecular formula is C21H26N2O4S. The third kappa shape index (κ3) is 4.54. The third-order valence-corrected chi connectivity index (χ3v) is 6.95. The van der Waals surface area contributed by atoms with Gasteiger partial charge < -0.3 is 9.64 Å². The fourth-order valence-electron chi connectivity index (χ4n) is 3.51. The van der Waals surface area contributed by atoms with E-state index in [0.29, 0.717) is 31.7 Å². The van der Waals surface area contributed by atoms with Gasteiger partial charge in [-0.1, -0.05) is 30.3 Å². The van der Waals surface area contributed by atoms with E-state index in [0.717, 1.165) is 5.56 Å². The van der Waals surface area contributed by atoms with Crippen molar-refractivity contribution in [1.29, 1.82) is 0 Å². The number of benzene rings is 2. The molecule has 1 heterocycles. The Hall–Kier alpha value is -2.38. The summed E-state index contributed by atoms with van der Waals surface area (Å²) in [5.74, 6) is 0.266. The molecule has 1 amide bonds. The van der Waals surface area contributed by atoms with Crippen LogP contribution in [0.25, 0.3) is 0 Å². The Morgan fingerprint density at radius 3 is 2.46 bits per heavy atom. The van der Waals surface area contributed by atoms with E-state index in [1.807, 2.05) is 30.3 Å². The van der Waals surface area contributed by atoms with E-state index >= 15 is 0 Å². The highest BCUT2D eigenvalue weighted by atomic mass is 32.2. The zero-order valence-corrected chi connectivity index (χ0v) is 17.1. The van der Waals surface area contributed by atoms with E-state index in [1.54, 1.807) is 36.2 Å². The zero-order chi connectivity index (χ0) is 20.1. The van der Waals surface area contributed by atoms with E-state index in [2.05, 4.69) is 0 Å². The lowest BCUT2D eigenvalue weighted by Crippen LogP contribution is -2.45. The molecule has 0 N–H and O–H groups in total. The van der Waals surface area contributed by atoms with Crippen molar-refractivity contribution >= 4 is 15.9 Å². The molecule has 7 heteroatoms. The van der Waals surface area contributed by atoms with Crippen molar-refractivity contribution in [3.63, 3.8) is 0 Å². The average Bonchev–Trinajstić information content (AvgIpc) is 2.74. The van der Waals surface area contributed by atoms with Crippen LogP contribution in [0.1, 0.15) is 18.4 Å². The number of carbonyl (C=O) groups excluding carboxylic acids is 1. The minimum absolute atomic E-state index is 0.0153. The number of nitrogens with zero attached hydrogens (tertiary/aromatic N) is 2. The molecule has 1 saturated heterocycles. The Morgan fingerprint density at radius 1 is 1.14 bits per heavy atom. The Labute approximate surface area is 166 Å². The van der Waals surface area contributed by atoms with Crippen molar-refractivity contribution in [2.24, 2.45) is 5.92 Å². The standard InChI is InChI=1S/C21H26N2O4S/c1-22(15-17-7-4-3-5-8-17)21(24)18-9-6-14-23(16-18)28(25,26)20-12-10-19(27-2)11-13-20/h3-5,7-8,10-13,18H,6,9,14-16H2,1-2H3/t18-/m0/s1. The molecule has 0 radical (unpaired) electrons. The van der Waals surface area contributed by atoms with Crippen molar-refractivity contribution in [1.82, 2.24) is 9.21 Å². The van der Waals surface area contributed by atoms with Crippen molar-refractivity contribution in [2.75, 3.05) is 27.2 Å². The summed E-state index contributed by atoms with van der Waals surface area (Å²) in [6, 6.07) is 16.1. The van der Waals surface area contributed by atoms with Gasteiger partial charge in [-0.3, -0.25) is 4.79 Å². The van der Waals surface area contributed by atoms with E-state index in [9.17, 15) is 13.2 Å². The van der Waals surface area contributed by atoms with Crippen LogP contribution in [0.15, 0.2) is 59.5 Å². The first kappa shape index (κ1) is 20.4. The predicted molar refractivity (Wildman–Crippen MR) is 107 cm³/mol. The predicted octanol–water partition coefficient (Wildman–Crippen LogP) is 2.75. The highest BCUT2D eigenvalue weighted by Gasteiger charge is 2.34. The summed E-state index contributed by atoms with van der Waals surface area (Å²) in [6.07, 6.45) is 1.37. The van der Waals surface area contributed by atoms with E-state index in [-0.39, 0.29) is 23.3 Å². The first-order valence-electron chi connectivity index (χ1n) is 9.35. The Morgan fingerprint density at radius 2 is 1.82 bits per heavy atom. The third-order valence-electron chi connectivity index (χ3n) is 5.07. The van der Waals surface area contributed by atoms with Crippen molar-refractivity contribution in [3.05, 3.63) is 60.2 Å². The Bertz CT molecular complexity index is 898. The molecule has 0 bridgehead atoms. The number of methoxy groups -OCH3 is 1. The molecule has 28 heavy (non-hydrogen) atoms. The number of hydrogen-bond acceptors (Lipinski definition) is 4. The molecule has 0 unspecified atom stereocenters. The lowest BCUT2D eigenvalue weighted by Gasteiger charge is -2.33. The van der Waals surface area contributed by atoms with Crippen molar-refractivity contribution in [3.8, 4) is 5.75 Å². The summed E-state index contributed by atoms with van der Waals surface area (Å²) in [5.41, 5.74) is 1.05. The van der Waals surface area contributed by atoms with Gasteiger partial charge in [-0.25, -0.2) is 8.42 Å². The number of piperidine rings is 1. The van der Waals surface area contributed by atoms with Crippen LogP contribution in [0.2, 0.25) is 0 Å². The first-order chi connectivity index (χ1) is 13.4. The van der Waals surface area contributed by atoms with E-state index in [1.165, 1.54) is 11.4 Å². The molecule has 150 valence electrons. The monoisotopic (exact) mass is 402 g/mol. The summed E-state index contributed by atoms with van der Waals surface area (Å²) in [6.45, 7) is 1.16. The molecule has 6 nitrogen and oxygen atoms in total. The normalized spacial score (nSPS) is 17.9. The van der Waals surface area contributed by atoms with Gasteiger partial charge in [0, 0.05) is 26.7 Å². The second kappa shape index (κ2) is 8.75. The molecule has 1 fully saturated rings. The van der Waals surface area contributed by atoms with Gasteiger partial charge in [0.25, 0.3) is 0 Å². The Balaban J connectivity index is 1.69. The number of rotatable bonds is 6. The molecule has 2 aromatic rings. The second-order valence-corrected chi connectivity index (χ2v) is 9.00. The van der Waals surface area contributed by atoms with Crippen LogP contribution in [0.4, 0.5) is 0 Å². The van der Waals surface area contributed by atoms with Crippen LogP contribution in [0.5, 0.6) is 5.75 Å². The summed E-state index contributed by atoms with van der Waals surface area (Å²) >= 11 is 0. The number of sulfonamides is 1. The molecular weight excluding hydrogens is 376 g/mol. The number of ether oxygens (including phenoxy) is 1. The Kier molecular flexibility index (Phi) is 6.36. The van der Waals surface area contributed by atoms with Crippen LogP contribution in [-0.4, -0.2) is 50.8 Å². The summed E-state index contributed by atoms with van der Waals surface area (Å²) in [4.78, 5) is 14.8. The molecule has 1 aliphatic heterocycles. The van der Waals surface area contributed by atoms with Gasteiger partial charge in [-0.2, -0.15) is 4.31 Å². The van der Waals surface area contributed by atoms with Gasteiger partial charge in [0.1, 0.15) is 5.75 Å². The smallest absolute Gasteiger partial charge is 0.243 e. The molecule has 2 aromatic carbocycles.